The van der Waals surface area contributed by atoms with E-state index in [1.807, 2.05) is 0 Å². The minimum atomic E-state index is -0.989. The number of carboxylic acid groups (broad SMARTS) is 1. The lowest BCUT2D eigenvalue weighted by Crippen LogP contribution is -2.31. The van der Waals surface area contributed by atoms with Gasteiger partial charge in [0.1, 0.15) is 0 Å². The number of carbonyl (C=O) groups excluding carboxylic acids is 1. The van der Waals surface area contributed by atoms with E-state index in [1.54, 1.807) is 24.5 Å². The number of nitrogens with one attached hydrogen (secondary N) is 1. The summed E-state index contributed by atoms with van der Waals surface area (Å²) in [5.41, 5.74) is 0.145. The summed E-state index contributed by atoms with van der Waals surface area (Å²) in [7, 11) is 0. The Hall–Kier alpha value is -2.75. The third-order valence-corrected chi connectivity index (χ3v) is 3.61. The first-order valence-electron chi connectivity index (χ1n) is 7.33. The maximum absolute atomic E-state index is 12.1. The SMILES string of the molecule is C#CCCC1(CCC(=O)N[C@H](CC(=O)O)c2cccnc2)N=N1. The van der Waals surface area contributed by atoms with Crippen LogP contribution in [0.3, 0.4) is 0 Å². The molecule has 0 bridgehead atoms. The van der Waals surface area contributed by atoms with Crippen molar-refractivity contribution in [2.45, 2.75) is 43.8 Å². The zero-order valence-electron chi connectivity index (χ0n) is 12.6. The van der Waals surface area contributed by atoms with Gasteiger partial charge in [-0.1, -0.05) is 6.07 Å². The normalized spacial score (nSPS) is 15.4. The molecule has 0 aromatic carbocycles. The Balaban J connectivity index is 1.88. The fourth-order valence-corrected chi connectivity index (χ4v) is 2.26. The van der Waals surface area contributed by atoms with E-state index in [-0.39, 0.29) is 18.7 Å². The fraction of sp³-hybridized carbons (Fsp3) is 0.438. The molecule has 1 aliphatic rings. The van der Waals surface area contributed by atoms with Gasteiger partial charge in [0, 0.05) is 38.1 Å². The minimum Gasteiger partial charge on any atom is -0.481 e. The van der Waals surface area contributed by atoms with Crippen molar-refractivity contribution in [2.24, 2.45) is 10.2 Å². The summed E-state index contributed by atoms with van der Waals surface area (Å²) >= 11 is 0. The Labute approximate surface area is 134 Å². The summed E-state index contributed by atoms with van der Waals surface area (Å²) in [6.45, 7) is 0. The number of carbonyl (C=O) groups is 2. The number of amides is 1. The molecule has 2 heterocycles. The predicted molar refractivity (Wildman–Crippen MR) is 82.3 cm³/mol. The smallest absolute Gasteiger partial charge is 0.305 e. The van der Waals surface area contributed by atoms with Crippen LogP contribution in [0.4, 0.5) is 0 Å². The lowest BCUT2D eigenvalue weighted by molar-refractivity contribution is -0.137. The second kappa shape index (κ2) is 7.49. The summed E-state index contributed by atoms with van der Waals surface area (Å²) in [6.07, 6.45) is 10.1. The van der Waals surface area contributed by atoms with E-state index in [0.717, 1.165) is 0 Å². The first-order chi connectivity index (χ1) is 11.0. The molecule has 0 fully saturated rings. The van der Waals surface area contributed by atoms with Gasteiger partial charge in [-0.2, -0.15) is 10.2 Å². The van der Waals surface area contributed by atoms with Crippen molar-refractivity contribution < 1.29 is 14.7 Å². The van der Waals surface area contributed by atoms with Crippen LogP contribution in [-0.2, 0) is 9.59 Å². The summed E-state index contributed by atoms with van der Waals surface area (Å²) in [6, 6.07) is 2.83. The van der Waals surface area contributed by atoms with Crippen LogP contribution in [0.5, 0.6) is 0 Å². The molecule has 1 aliphatic heterocycles. The summed E-state index contributed by atoms with van der Waals surface area (Å²) in [5.74, 6) is 1.31. The second-order valence-corrected chi connectivity index (χ2v) is 5.39. The molecule has 2 rings (SSSR count). The third-order valence-electron chi connectivity index (χ3n) is 3.61. The highest BCUT2D eigenvalue weighted by molar-refractivity contribution is 5.77. The van der Waals surface area contributed by atoms with Gasteiger partial charge in [-0.15, -0.1) is 12.3 Å². The molecule has 1 amide bonds. The Morgan fingerprint density at radius 1 is 1.39 bits per heavy atom. The monoisotopic (exact) mass is 314 g/mol. The van der Waals surface area contributed by atoms with Crippen LogP contribution in [-0.4, -0.2) is 27.6 Å². The number of aliphatic carboxylic acids is 1. The van der Waals surface area contributed by atoms with Crippen molar-refractivity contribution >= 4 is 11.9 Å². The number of aromatic nitrogens is 1. The Morgan fingerprint density at radius 2 is 2.17 bits per heavy atom. The van der Waals surface area contributed by atoms with E-state index in [9.17, 15) is 9.59 Å². The number of terminal acetylenes is 1. The third kappa shape index (κ3) is 5.18. The molecule has 0 spiro atoms. The zero-order valence-corrected chi connectivity index (χ0v) is 12.6. The highest BCUT2D eigenvalue weighted by Crippen LogP contribution is 2.37. The zero-order chi connectivity index (χ0) is 16.7. The van der Waals surface area contributed by atoms with Crippen molar-refractivity contribution in [1.29, 1.82) is 0 Å². The molecular weight excluding hydrogens is 296 g/mol. The summed E-state index contributed by atoms with van der Waals surface area (Å²) in [5, 5.41) is 19.7. The van der Waals surface area contributed by atoms with Gasteiger partial charge in [-0.25, -0.2) is 0 Å². The highest BCUT2D eigenvalue weighted by Gasteiger charge is 2.39. The van der Waals surface area contributed by atoms with Crippen LogP contribution >= 0.6 is 0 Å². The number of pyridine rings is 1. The average molecular weight is 314 g/mol. The van der Waals surface area contributed by atoms with Crippen molar-refractivity contribution in [2.75, 3.05) is 0 Å². The van der Waals surface area contributed by atoms with E-state index in [1.165, 1.54) is 0 Å². The van der Waals surface area contributed by atoms with Gasteiger partial charge < -0.3 is 10.4 Å². The molecule has 1 aromatic heterocycles. The number of nitrogens with zero attached hydrogens (tertiary/aromatic N) is 3. The van der Waals surface area contributed by atoms with Gasteiger partial charge in [-0.05, 0) is 11.6 Å². The van der Waals surface area contributed by atoms with Crippen LogP contribution in [0, 0.1) is 12.3 Å². The molecular formula is C16H18N4O3. The first-order valence-corrected chi connectivity index (χ1v) is 7.33. The van der Waals surface area contributed by atoms with E-state index in [2.05, 4.69) is 26.4 Å². The summed E-state index contributed by atoms with van der Waals surface area (Å²) in [4.78, 5) is 27.1. The molecule has 1 aromatic rings. The van der Waals surface area contributed by atoms with Gasteiger partial charge in [0.2, 0.25) is 5.91 Å². The Morgan fingerprint density at radius 3 is 2.74 bits per heavy atom. The quantitative estimate of drug-likeness (QED) is 0.681. The Kier molecular flexibility index (Phi) is 5.41. The van der Waals surface area contributed by atoms with Crippen molar-refractivity contribution in [3.8, 4) is 12.3 Å². The molecule has 120 valence electrons. The second-order valence-electron chi connectivity index (χ2n) is 5.39. The predicted octanol–water partition coefficient (Wildman–Crippen LogP) is 2.07. The number of hydrogen-bond donors (Lipinski definition) is 2. The topological polar surface area (TPSA) is 104 Å². The molecule has 7 nitrogen and oxygen atoms in total. The van der Waals surface area contributed by atoms with Crippen LogP contribution in [0.15, 0.2) is 34.8 Å². The number of hydrogen-bond acceptors (Lipinski definition) is 5. The number of carboxylic acids is 1. The standard InChI is InChI=1S/C16H18N4O3/c1-2-3-7-16(19-20-16)8-6-14(21)18-13(10-15(22)23)12-5-4-9-17-11-12/h1,4-5,9,11,13H,3,6-8,10H2,(H,18,21)(H,22,23)/t13-/m1/s1. The molecule has 2 N–H and O–H groups in total. The van der Waals surface area contributed by atoms with Crippen molar-refractivity contribution in [3.05, 3.63) is 30.1 Å². The highest BCUT2D eigenvalue weighted by atomic mass is 16.4. The van der Waals surface area contributed by atoms with Gasteiger partial charge >= 0.3 is 5.97 Å². The lowest BCUT2D eigenvalue weighted by Gasteiger charge is -2.17. The van der Waals surface area contributed by atoms with Crippen LogP contribution in [0.2, 0.25) is 0 Å². The fourth-order valence-electron chi connectivity index (χ4n) is 2.26. The summed E-state index contributed by atoms with van der Waals surface area (Å²) < 4.78 is 0. The van der Waals surface area contributed by atoms with Crippen molar-refractivity contribution in [3.63, 3.8) is 0 Å². The molecule has 0 aliphatic carbocycles. The van der Waals surface area contributed by atoms with Gasteiger partial charge in [0.15, 0.2) is 5.66 Å². The molecule has 1 atom stereocenters. The van der Waals surface area contributed by atoms with Crippen molar-refractivity contribution in [1.82, 2.24) is 10.3 Å². The Bertz CT molecular complexity index is 630. The largest absolute Gasteiger partial charge is 0.481 e. The van der Waals surface area contributed by atoms with Gasteiger partial charge in [0.25, 0.3) is 0 Å². The molecule has 0 saturated carbocycles. The van der Waals surface area contributed by atoms with E-state index < -0.39 is 17.7 Å². The molecule has 0 saturated heterocycles. The number of rotatable bonds is 9. The molecule has 23 heavy (non-hydrogen) atoms. The van der Waals surface area contributed by atoms with Crippen LogP contribution in [0.25, 0.3) is 0 Å². The van der Waals surface area contributed by atoms with Gasteiger partial charge in [-0.3, -0.25) is 14.6 Å². The molecule has 0 radical (unpaired) electrons. The van der Waals surface area contributed by atoms with Crippen LogP contribution < -0.4 is 5.32 Å². The minimum absolute atomic E-state index is 0.200. The maximum Gasteiger partial charge on any atom is 0.305 e. The molecule has 7 heteroatoms. The van der Waals surface area contributed by atoms with E-state index in [0.29, 0.717) is 24.8 Å². The van der Waals surface area contributed by atoms with E-state index in [4.69, 9.17) is 11.5 Å². The first kappa shape index (κ1) is 16.6. The van der Waals surface area contributed by atoms with Crippen LogP contribution in [0.1, 0.15) is 43.7 Å². The van der Waals surface area contributed by atoms with E-state index >= 15 is 0 Å². The average Bonchev–Trinajstić information content (AvgIpc) is 3.31. The maximum atomic E-state index is 12.1. The van der Waals surface area contributed by atoms with Gasteiger partial charge in [0.05, 0.1) is 12.5 Å². The molecule has 0 unspecified atom stereocenters. The lowest BCUT2D eigenvalue weighted by atomic mass is 10.0.